The minimum absolute atomic E-state index is 0.0162. The first-order valence-corrected chi connectivity index (χ1v) is 9.51. The molecule has 1 saturated heterocycles. The van der Waals surface area contributed by atoms with Crippen molar-refractivity contribution in [1.82, 2.24) is 19.3 Å². The zero-order valence-electron chi connectivity index (χ0n) is 14.9. The zero-order valence-corrected chi connectivity index (χ0v) is 15.7. The van der Waals surface area contributed by atoms with Gasteiger partial charge in [0.05, 0.1) is 35.1 Å². The molecule has 5 nitrogen and oxygen atoms in total. The Kier molecular flexibility index (Phi) is 5.45. The Morgan fingerprint density at radius 2 is 1.83 bits per heavy atom. The molecule has 0 saturated carbocycles. The van der Waals surface area contributed by atoms with Crippen LogP contribution < -0.4 is 0 Å². The van der Waals surface area contributed by atoms with Crippen LogP contribution >= 0.6 is 11.9 Å². The highest BCUT2D eigenvalue weighted by atomic mass is 32.2. The van der Waals surface area contributed by atoms with Crippen LogP contribution in [0.15, 0.2) is 29.6 Å². The number of benzene rings is 1. The highest BCUT2D eigenvalue weighted by Gasteiger charge is 2.37. The zero-order chi connectivity index (χ0) is 20.6. The summed E-state index contributed by atoms with van der Waals surface area (Å²) in [5.74, 6) is -2.15. The summed E-state index contributed by atoms with van der Waals surface area (Å²) in [6.45, 7) is 2.53. The second-order valence-corrected chi connectivity index (χ2v) is 7.55. The van der Waals surface area contributed by atoms with E-state index >= 15 is 0 Å². The average molecular weight is 430 g/mol. The Morgan fingerprint density at radius 3 is 2.55 bits per heavy atom. The Bertz CT molecular complexity index is 1010. The summed E-state index contributed by atoms with van der Waals surface area (Å²) in [7, 11) is 0. The second kappa shape index (κ2) is 7.88. The van der Waals surface area contributed by atoms with Crippen LogP contribution in [0.5, 0.6) is 0 Å². The first kappa shape index (κ1) is 20.0. The summed E-state index contributed by atoms with van der Waals surface area (Å²) < 4.78 is 75.9. The molecule has 11 heteroatoms. The largest absolute Gasteiger partial charge is 0.417 e. The van der Waals surface area contributed by atoms with Gasteiger partial charge >= 0.3 is 6.18 Å². The minimum atomic E-state index is -4.84. The van der Waals surface area contributed by atoms with E-state index in [1.807, 2.05) is 4.31 Å². The third-order valence-corrected chi connectivity index (χ3v) is 5.44. The van der Waals surface area contributed by atoms with Crippen LogP contribution in [-0.2, 0) is 10.9 Å². The van der Waals surface area contributed by atoms with Crippen molar-refractivity contribution in [3.63, 3.8) is 0 Å². The van der Waals surface area contributed by atoms with Crippen LogP contribution in [-0.4, -0.2) is 45.6 Å². The van der Waals surface area contributed by atoms with E-state index in [-0.39, 0.29) is 16.7 Å². The average Bonchev–Trinajstić information content (AvgIpc) is 2.91. The summed E-state index contributed by atoms with van der Waals surface area (Å²) in [6, 6.07) is 1.85. The van der Waals surface area contributed by atoms with Crippen molar-refractivity contribution in [1.29, 1.82) is 0 Å². The predicted molar refractivity (Wildman–Crippen MR) is 97.1 cm³/mol. The maximum absolute atomic E-state index is 14.5. The first-order valence-electron chi connectivity index (χ1n) is 8.74. The molecule has 154 valence electrons. The van der Waals surface area contributed by atoms with Gasteiger partial charge in [0.2, 0.25) is 0 Å². The van der Waals surface area contributed by atoms with E-state index in [0.29, 0.717) is 30.9 Å². The molecule has 3 heterocycles. The van der Waals surface area contributed by atoms with Crippen molar-refractivity contribution in [2.45, 2.75) is 17.6 Å². The predicted octanol–water partition coefficient (Wildman–Crippen LogP) is 4.65. The maximum Gasteiger partial charge on any atom is 0.417 e. The fourth-order valence-corrected chi connectivity index (χ4v) is 4.12. The molecule has 2 aromatic heterocycles. The lowest BCUT2D eigenvalue weighted by atomic mass is 10.0. The second-order valence-electron chi connectivity index (χ2n) is 6.41. The monoisotopic (exact) mass is 430 g/mol. The smallest absolute Gasteiger partial charge is 0.380 e. The van der Waals surface area contributed by atoms with Crippen molar-refractivity contribution in [3.05, 3.63) is 41.7 Å². The maximum atomic E-state index is 14.5. The number of nitrogens with one attached hydrogen (secondary N) is 1. The van der Waals surface area contributed by atoms with Crippen LogP contribution in [0.25, 0.3) is 22.3 Å². The Balaban J connectivity index is 1.84. The summed E-state index contributed by atoms with van der Waals surface area (Å²) in [5, 5.41) is 0.459. The van der Waals surface area contributed by atoms with E-state index in [1.165, 1.54) is 18.0 Å². The molecule has 1 aliphatic rings. The fourth-order valence-electron chi connectivity index (χ4n) is 3.14. The quantitative estimate of drug-likeness (QED) is 0.484. The Hall–Kier alpha value is -2.24. The number of halogens is 5. The number of hydrogen-bond donors (Lipinski definition) is 1. The molecule has 1 fully saturated rings. The van der Waals surface area contributed by atoms with Crippen molar-refractivity contribution < 1.29 is 26.7 Å². The normalized spacial score (nSPS) is 16.3. The van der Waals surface area contributed by atoms with Gasteiger partial charge in [-0.25, -0.2) is 23.1 Å². The molecule has 0 amide bonds. The molecule has 4 rings (SSSR count). The molecule has 1 N–H and O–H groups in total. The van der Waals surface area contributed by atoms with Crippen molar-refractivity contribution >= 4 is 22.9 Å². The van der Waals surface area contributed by atoms with E-state index in [1.54, 1.807) is 0 Å². The molecular weight excluding hydrogens is 415 g/mol. The van der Waals surface area contributed by atoms with Crippen LogP contribution in [0.4, 0.5) is 22.0 Å². The van der Waals surface area contributed by atoms with Crippen LogP contribution in [0, 0.1) is 11.6 Å². The molecule has 3 aromatic rings. The number of hydrogen-bond acceptors (Lipinski definition) is 5. The summed E-state index contributed by atoms with van der Waals surface area (Å²) in [6.07, 6.45) is -2.47. The van der Waals surface area contributed by atoms with Gasteiger partial charge in [0.25, 0.3) is 0 Å². The summed E-state index contributed by atoms with van der Waals surface area (Å²) in [5.41, 5.74) is -1.70. The number of ether oxygens (including phenoxy) is 1. The highest BCUT2D eigenvalue weighted by molar-refractivity contribution is 7.97. The Labute approximate surface area is 166 Å². The molecule has 1 aliphatic heterocycles. The lowest BCUT2D eigenvalue weighted by molar-refractivity contribution is -0.137. The molecule has 1 aromatic carbocycles. The fraction of sp³-hybridized carbons (Fsp3) is 0.333. The van der Waals surface area contributed by atoms with Gasteiger partial charge in [-0.2, -0.15) is 13.2 Å². The van der Waals surface area contributed by atoms with Crippen molar-refractivity contribution in [3.8, 4) is 11.4 Å². The van der Waals surface area contributed by atoms with E-state index in [9.17, 15) is 22.0 Å². The lowest BCUT2D eigenvalue weighted by Crippen LogP contribution is -2.18. The van der Waals surface area contributed by atoms with Gasteiger partial charge in [0.15, 0.2) is 11.6 Å². The van der Waals surface area contributed by atoms with Crippen LogP contribution in [0.1, 0.15) is 12.0 Å². The number of aromatic amines is 1. The Morgan fingerprint density at radius 1 is 1.07 bits per heavy atom. The number of H-pyrrole nitrogens is 1. The van der Waals surface area contributed by atoms with Gasteiger partial charge < -0.3 is 9.72 Å². The van der Waals surface area contributed by atoms with Crippen LogP contribution in [0.2, 0.25) is 0 Å². The molecule has 0 aliphatic carbocycles. The number of nitrogens with zero attached hydrogens (tertiary/aromatic N) is 3. The summed E-state index contributed by atoms with van der Waals surface area (Å²) in [4.78, 5) is 10.2. The molecule has 0 unspecified atom stereocenters. The number of alkyl halides is 3. The topological polar surface area (TPSA) is 54.0 Å². The van der Waals surface area contributed by atoms with Crippen molar-refractivity contribution in [2.24, 2.45) is 0 Å². The van der Waals surface area contributed by atoms with E-state index in [2.05, 4.69) is 15.0 Å². The van der Waals surface area contributed by atoms with Gasteiger partial charge in [-0.15, -0.1) is 0 Å². The molecule has 29 heavy (non-hydrogen) atoms. The van der Waals surface area contributed by atoms with Gasteiger partial charge in [-0.3, -0.25) is 0 Å². The van der Waals surface area contributed by atoms with Gasteiger partial charge in [-0.1, -0.05) is 0 Å². The number of rotatable bonds is 3. The minimum Gasteiger partial charge on any atom is -0.380 e. The third kappa shape index (κ3) is 4.21. The standard InChI is InChI=1S/C18H15F5N4OS/c19-10-8-24-17(25-9-10)15-11-6-14(29-27-2-1-4-28-5-3-27)26-16(11)13(20)7-12(15)18(21,22)23/h6-9,26H,1-5H2. The summed E-state index contributed by atoms with van der Waals surface area (Å²) >= 11 is 1.28. The molecular formula is C18H15F5N4OS. The third-order valence-electron chi connectivity index (χ3n) is 4.40. The van der Waals surface area contributed by atoms with Gasteiger partial charge in [0.1, 0.15) is 5.82 Å². The van der Waals surface area contributed by atoms with E-state index < -0.39 is 28.9 Å². The van der Waals surface area contributed by atoms with Gasteiger partial charge in [0, 0.05) is 30.6 Å². The van der Waals surface area contributed by atoms with Crippen LogP contribution in [0.3, 0.4) is 0 Å². The van der Waals surface area contributed by atoms with E-state index in [0.717, 1.165) is 25.4 Å². The first-order chi connectivity index (χ1) is 13.8. The van der Waals surface area contributed by atoms with Gasteiger partial charge in [-0.05, 0) is 30.5 Å². The number of aromatic nitrogens is 3. The lowest BCUT2D eigenvalue weighted by Gasteiger charge is -2.16. The SMILES string of the molecule is Fc1cnc(-c2c(C(F)(F)F)cc(F)c3[nH]c(SN4CCCOCC4)cc23)nc1. The highest BCUT2D eigenvalue weighted by Crippen LogP contribution is 2.42. The van der Waals surface area contributed by atoms with E-state index in [4.69, 9.17) is 4.74 Å². The molecule has 0 radical (unpaired) electrons. The van der Waals surface area contributed by atoms with Crippen molar-refractivity contribution in [2.75, 3.05) is 26.3 Å². The molecule has 0 bridgehead atoms. The molecule has 0 spiro atoms. The molecule has 0 atom stereocenters. The number of fused-ring (bicyclic) bond motifs is 1.